The molecule has 0 N–H and O–H groups in total. The Hall–Kier alpha value is -0.0400. The van der Waals surface area contributed by atoms with Crippen LogP contribution in [-0.4, -0.2) is 13.2 Å². The molecule has 16 heavy (non-hydrogen) atoms. The van der Waals surface area contributed by atoms with Crippen molar-refractivity contribution in [2.75, 3.05) is 13.2 Å². The second-order valence-corrected chi connectivity index (χ2v) is 8.34. The molecular formula is C15H28O. The van der Waals surface area contributed by atoms with Crippen LogP contribution >= 0.6 is 0 Å². The molecule has 1 spiro atoms. The van der Waals surface area contributed by atoms with Crippen LogP contribution in [0, 0.1) is 21.7 Å². The average molecular weight is 224 g/mol. The second kappa shape index (κ2) is 3.25. The van der Waals surface area contributed by atoms with Gasteiger partial charge in [0.05, 0.1) is 13.2 Å². The molecule has 1 heteroatoms. The number of ether oxygens (including phenoxy) is 1. The molecule has 0 bridgehead atoms. The zero-order chi connectivity index (χ0) is 12.2. The minimum Gasteiger partial charge on any atom is -0.380 e. The summed E-state index contributed by atoms with van der Waals surface area (Å²) in [6.07, 6.45) is 4.07. The normalized spacial score (nSPS) is 33.4. The van der Waals surface area contributed by atoms with Crippen molar-refractivity contribution < 1.29 is 4.74 Å². The summed E-state index contributed by atoms with van der Waals surface area (Å²) in [5.74, 6) is 0. The van der Waals surface area contributed by atoms with Crippen LogP contribution < -0.4 is 0 Å². The van der Waals surface area contributed by atoms with Crippen molar-refractivity contribution in [1.82, 2.24) is 0 Å². The Labute approximate surface area is 101 Å². The van der Waals surface area contributed by atoms with Crippen LogP contribution in [0.25, 0.3) is 0 Å². The van der Waals surface area contributed by atoms with E-state index in [1.165, 1.54) is 19.3 Å². The molecule has 0 aromatic rings. The van der Waals surface area contributed by atoms with Crippen LogP contribution in [0.1, 0.15) is 60.8 Å². The van der Waals surface area contributed by atoms with Gasteiger partial charge in [-0.25, -0.2) is 0 Å². The summed E-state index contributed by atoms with van der Waals surface area (Å²) in [4.78, 5) is 0. The Morgan fingerprint density at radius 1 is 0.938 bits per heavy atom. The highest BCUT2D eigenvalue weighted by Crippen LogP contribution is 2.71. The molecule has 1 nitrogen and oxygen atoms in total. The predicted molar refractivity (Wildman–Crippen MR) is 68.4 cm³/mol. The van der Waals surface area contributed by atoms with E-state index in [1.807, 2.05) is 0 Å². The molecule has 2 aliphatic rings. The molecule has 1 heterocycles. The van der Waals surface area contributed by atoms with Gasteiger partial charge in [-0.2, -0.15) is 0 Å². The highest BCUT2D eigenvalue weighted by Gasteiger charge is 2.67. The molecule has 1 saturated carbocycles. The molecule has 2 fully saturated rings. The molecule has 1 saturated heterocycles. The van der Waals surface area contributed by atoms with Gasteiger partial charge in [0.15, 0.2) is 0 Å². The van der Waals surface area contributed by atoms with Crippen LogP contribution in [0.4, 0.5) is 0 Å². The maximum Gasteiger partial charge on any atom is 0.0534 e. The lowest BCUT2D eigenvalue weighted by atomic mass is 9.54. The first-order valence-electron chi connectivity index (χ1n) is 6.70. The molecule has 2 rings (SSSR count). The molecule has 94 valence electrons. The minimum absolute atomic E-state index is 0.354. The maximum absolute atomic E-state index is 5.91. The molecule has 0 amide bonds. The Kier molecular flexibility index (Phi) is 2.52. The van der Waals surface area contributed by atoms with Crippen LogP contribution in [0.15, 0.2) is 0 Å². The van der Waals surface area contributed by atoms with E-state index in [1.54, 1.807) is 0 Å². The van der Waals surface area contributed by atoms with Crippen molar-refractivity contribution in [3.05, 3.63) is 0 Å². The van der Waals surface area contributed by atoms with Gasteiger partial charge >= 0.3 is 0 Å². The highest BCUT2D eigenvalue weighted by atomic mass is 16.5. The van der Waals surface area contributed by atoms with Crippen LogP contribution in [-0.2, 0) is 4.74 Å². The Bertz CT molecular complexity index is 275. The zero-order valence-corrected chi connectivity index (χ0v) is 11.9. The summed E-state index contributed by atoms with van der Waals surface area (Å²) >= 11 is 0. The number of hydrogen-bond acceptors (Lipinski definition) is 1. The monoisotopic (exact) mass is 224 g/mol. The molecular weight excluding hydrogens is 196 g/mol. The van der Waals surface area contributed by atoms with Crippen LogP contribution in [0.3, 0.4) is 0 Å². The van der Waals surface area contributed by atoms with E-state index in [2.05, 4.69) is 41.5 Å². The summed E-state index contributed by atoms with van der Waals surface area (Å²) < 4.78 is 5.91. The van der Waals surface area contributed by atoms with Crippen molar-refractivity contribution in [2.24, 2.45) is 21.7 Å². The lowest BCUT2D eigenvalue weighted by Crippen LogP contribution is -2.46. The van der Waals surface area contributed by atoms with E-state index < -0.39 is 0 Å². The first-order chi connectivity index (χ1) is 7.12. The maximum atomic E-state index is 5.91. The van der Waals surface area contributed by atoms with Crippen molar-refractivity contribution in [3.63, 3.8) is 0 Å². The number of hydrogen-bond donors (Lipinski definition) is 0. The van der Waals surface area contributed by atoms with Gasteiger partial charge in [-0.05, 0) is 30.1 Å². The molecule has 1 atom stereocenters. The molecule has 1 aliphatic carbocycles. The van der Waals surface area contributed by atoms with Crippen LogP contribution in [0.2, 0.25) is 0 Å². The third kappa shape index (κ3) is 1.72. The molecule has 0 radical (unpaired) electrons. The standard InChI is InChI=1S/C15H28O/c1-12(2,3)9-15(13(4,5)6)11-16-10-14(15)7-8-14/h7-11H2,1-6H3. The average Bonchev–Trinajstić information content (AvgIpc) is 2.70. The largest absolute Gasteiger partial charge is 0.380 e. The van der Waals surface area contributed by atoms with Gasteiger partial charge in [-0.1, -0.05) is 41.5 Å². The van der Waals surface area contributed by atoms with E-state index in [9.17, 15) is 0 Å². The van der Waals surface area contributed by atoms with Gasteiger partial charge in [0.2, 0.25) is 0 Å². The Morgan fingerprint density at radius 3 is 1.88 bits per heavy atom. The summed E-state index contributed by atoms with van der Waals surface area (Å²) in [6, 6.07) is 0. The highest BCUT2D eigenvalue weighted by molar-refractivity contribution is 5.15. The Morgan fingerprint density at radius 2 is 1.50 bits per heavy atom. The summed E-state index contributed by atoms with van der Waals surface area (Å²) in [5.41, 5.74) is 1.68. The SMILES string of the molecule is CC(C)(C)CC1(C(C)(C)C)COCC12CC2. The van der Waals surface area contributed by atoms with Gasteiger partial charge in [0, 0.05) is 10.8 Å². The topological polar surface area (TPSA) is 9.23 Å². The predicted octanol–water partition coefficient (Wildman–Crippen LogP) is 4.27. The second-order valence-electron chi connectivity index (χ2n) is 8.34. The Balaban J connectivity index is 2.34. The third-order valence-corrected chi connectivity index (χ3v) is 4.86. The number of rotatable bonds is 1. The quantitative estimate of drug-likeness (QED) is 0.646. The summed E-state index contributed by atoms with van der Waals surface area (Å²) in [6.45, 7) is 16.3. The van der Waals surface area contributed by atoms with E-state index in [0.717, 1.165) is 13.2 Å². The van der Waals surface area contributed by atoms with Gasteiger partial charge in [-0.15, -0.1) is 0 Å². The van der Waals surface area contributed by atoms with Gasteiger partial charge in [-0.3, -0.25) is 0 Å². The fraction of sp³-hybridized carbons (Fsp3) is 1.00. The first kappa shape index (κ1) is 12.4. The van der Waals surface area contributed by atoms with Gasteiger partial charge in [0.1, 0.15) is 0 Å². The van der Waals surface area contributed by atoms with E-state index in [-0.39, 0.29) is 0 Å². The van der Waals surface area contributed by atoms with Crippen molar-refractivity contribution in [1.29, 1.82) is 0 Å². The first-order valence-corrected chi connectivity index (χ1v) is 6.70. The molecule has 0 aromatic carbocycles. The van der Waals surface area contributed by atoms with Crippen molar-refractivity contribution in [3.8, 4) is 0 Å². The fourth-order valence-corrected chi connectivity index (χ4v) is 3.91. The fourth-order valence-electron chi connectivity index (χ4n) is 3.91. The van der Waals surface area contributed by atoms with Gasteiger partial charge < -0.3 is 4.74 Å². The third-order valence-electron chi connectivity index (χ3n) is 4.86. The van der Waals surface area contributed by atoms with E-state index >= 15 is 0 Å². The van der Waals surface area contributed by atoms with Crippen molar-refractivity contribution >= 4 is 0 Å². The molecule has 1 aliphatic heterocycles. The lowest BCUT2D eigenvalue weighted by molar-refractivity contribution is -0.0137. The summed E-state index contributed by atoms with van der Waals surface area (Å²) in [5, 5.41) is 0. The summed E-state index contributed by atoms with van der Waals surface area (Å²) in [7, 11) is 0. The lowest BCUT2D eigenvalue weighted by Gasteiger charge is -2.49. The molecule has 0 aromatic heterocycles. The van der Waals surface area contributed by atoms with Crippen molar-refractivity contribution in [2.45, 2.75) is 60.8 Å². The zero-order valence-electron chi connectivity index (χ0n) is 11.9. The smallest absolute Gasteiger partial charge is 0.0534 e. The molecule has 1 unspecified atom stereocenters. The van der Waals surface area contributed by atoms with Crippen LogP contribution in [0.5, 0.6) is 0 Å². The van der Waals surface area contributed by atoms with E-state index in [4.69, 9.17) is 4.74 Å². The minimum atomic E-state index is 0.354. The van der Waals surface area contributed by atoms with E-state index in [0.29, 0.717) is 21.7 Å². The van der Waals surface area contributed by atoms with Gasteiger partial charge in [0.25, 0.3) is 0 Å².